The molecule has 1 amide bonds. The van der Waals surface area contributed by atoms with Gasteiger partial charge in [0.2, 0.25) is 0 Å². The zero-order valence-corrected chi connectivity index (χ0v) is 14.7. The normalized spacial score (nSPS) is 12.0. The second-order valence-electron chi connectivity index (χ2n) is 5.79. The number of ether oxygens (including phenoxy) is 1. The molecule has 0 fully saturated rings. The van der Waals surface area contributed by atoms with E-state index in [4.69, 9.17) is 4.74 Å². The average Bonchev–Trinajstić information content (AvgIpc) is 2.57. The summed E-state index contributed by atoms with van der Waals surface area (Å²) in [7, 11) is 3.31. The highest BCUT2D eigenvalue weighted by molar-refractivity contribution is 5.94. The van der Waals surface area contributed by atoms with Gasteiger partial charge >= 0.3 is 0 Å². The molecule has 0 aliphatic heterocycles. The number of rotatable bonds is 7. The van der Waals surface area contributed by atoms with E-state index in [1.165, 1.54) is 0 Å². The maximum Gasteiger partial charge on any atom is 0.251 e. The molecule has 0 heterocycles. The Bertz CT molecular complexity index is 541. The fourth-order valence-electron chi connectivity index (χ4n) is 1.84. The van der Waals surface area contributed by atoms with E-state index in [0.29, 0.717) is 18.7 Å². The van der Waals surface area contributed by atoms with E-state index in [1.807, 2.05) is 39.0 Å². The van der Waals surface area contributed by atoms with E-state index in [-0.39, 0.29) is 11.5 Å². The molecule has 128 valence electrons. The summed E-state index contributed by atoms with van der Waals surface area (Å²) in [6.07, 6.45) is 0. The Balaban J connectivity index is 2.75. The molecule has 0 atom stereocenters. The molecule has 6 nitrogen and oxygen atoms in total. The van der Waals surface area contributed by atoms with Crippen molar-refractivity contribution in [2.75, 3.05) is 27.2 Å². The third-order valence-electron chi connectivity index (χ3n) is 3.41. The number of carbonyl (C=O) groups excluding carboxylic acids is 1. The Morgan fingerprint density at radius 2 is 2.04 bits per heavy atom. The minimum atomic E-state index is -0.269. The number of nitrogens with zero attached hydrogens (tertiary/aromatic N) is 1. The van der Waals surface area contributed by atoms with Gasteiger partial charge in [-0.25, -0.2) is 4.99 Å². The standard InChI is InChI=1S/C17H28N4O2/c1-6-19-16(21-12-17(2,3)23-5)20-11-13-8-7-9-14(10-13)15(22)18-4/h7-10H,6,11-12H2,1-5H3,(H,18,22)(H2,19,20,21). The predicted octanol–water partition coefficient (Wildman–Crippen LogP) is 1.53. The van der Waals surface area contributed by atoms with Crippen LogP contribution in [0.5, 0.6) is 0 Å². The molecule has 0 spiro atoms. The lowest BCUT2D eigenvalue weighted by molar-refractivity contribution is 0.0268. The van der Waals surface area contributed by atoms with Crippen molar-refractivity contribution in [2.24, 2.45) is 4.99 Å². The van der Waals surface area contributed by atoms with E-state index < -0.39 is 0 Å². The van der Waals surface area contributed by atoms with Gasteiger partial charge in [-0.05, 0) is 38.5 Å². The Hall–Kier alpha value is -2.08. The smallest absolute Gasteiger partial charge is 0.251 e. The number of aliphatic imine (C=N–C) groups is 1. The summed E-state index contributed by atoms with van der Waals surface area (Å²) in [5.74, 6) is 0.630. The van der Waals surface area contributed by atoms with Crippen LogP contribution in [0.2, 0.25) is 0 Å². The van der Waals surface area contributed by atoms with Crippen LogP contribution >= 0.6 is 0 Å². The molecule has 0 aromatic heterocycles. The van der Waals surface area contributed by atoms with Crippen molar-refractivity contribution in [2.45, 2.75) is 32.9 Å². The van der Waals surface area contributed by atoms with Crippen LogP contribution in [0.15, 0.2) is 29.3 Å². The summed E-state index contributed by atoms with van der Waals surface area (Å²) in [5, 5.41) is 9.09. The van der Waals surface area contributed by atoms with Gasteiger partial charge in [-0.3, -0.25) is 4.79 Å². The maximum absolute atomic E-state index is 11.7. The van der Waals surface area contributed by atoms with E-state index in [0.717, 1.165) is 18.1 Å². The minimum Gasteiger partial charge on any atom is -0.377 e. The molecule has 6 heteroatoms. The van der Waals surface area contributed by atoms with Gasteiger partial charge in [0.05, 0.1) is 12.1 Å². The summed E-state index contributed by atoms with van der Waals surface area (Å²) in [6.45, 7) is 7.95. The first-order valence-corrected chi connectivity index (χ1v) is 7.80. The van der Waals surface area contributed by atoms with E-state index in [1.54, 1.807) is 20.2 Å². The lowest BCUT2D eigenvalue weighted by Crippen LogP contribution is -2.45. The molecular weight excluding hydrogens is 292 g/mol. The van der Waals surface area contributed by atoms with Crippen molar-refractivity contribution >= 4 is 11.9 Å². The molecule has 0 saturated heterocycles. The van der Waals surface area contributed by atoms with E-state index in [2.05, 4.69) is 20.9 Å². The largest absolute Gasteiger partial charge is 0.377 e. The van der Waals surface area contributed by atoms with Gasteiger partial charge in [-0.15, -0.1) is 0 Å². The molecule has 0 radical (unpaired) electrons. The molecule has 0 aliphatic carbocycles. The number of amides is 1. The highest BCUT2D eigenvalue weighted by Gasteiger charge is 2.16. The highest BCUT2D eigenvalue weighted by Crippen LogP contribution is 2.07. The Kier molecular flexibility index (Phi) is 7.54. The van der Waals surface area contributed by atoms with Crippen LogP contribution in [0.25, 0.3) is 0 Å². The van der Waals surface area contributed by atoms with Gasteiger partial charge in [0.1, 0.15) is 0 Å². The van der Waals surface area contributed by atoms with Crippen LogP contribution in [-0.4, -0.2) is 44.7 Å². The van der Waals surface area contributed by atoms with Crippen molar-refractivity contribution < 1.29 is 9.53 Å². The number of methoxy groups -OCH3 is 1. The third-order valence-corrected chi connectivity index (χ3v) is 3.41. The monoisotopic (exact) mass is 320 g/mol. The van der Waals surface area contributed by atoms with Gasteiger partial charge in [0.25, 0.3) is 5.91 Å². The molecule has 1 aromatic carbocycles. The van der Waals surface area contributed by atoms with Gasteiger partial charge in [0, 0.05) is 32.8 Å². The number of nitrogens with one attached hydrogen (secondary N) is 3. The highest BCUT2D eigenvalue weighted by atomic mass is 16.5. The summed E-state index contributed by atoms with van der Waals surface area (Å²) in [4.78, 5) is 16.2. The fraction of sp³-hybridized carbons (Fsp3) is 0.529. The second kappa shape index (κ2) is 9.15. The van der Waals surface area contributed by atoms with Gasteiger partial charge in [0.15, 0.2) is 5.96 Å². The van der Waals surface area contributed by atoms with Crippen LogP contribution < -0.4 is 16.0 Å². The van der Waals surface area contributed by atoms with Gasteiger partial charge < -0.3 is 20.7 Å². The van der Waals surface area contributed by atoms with E-state index >= 15 is 0 Å². The first kappa shape index (κ1) is 19.0. The number of hydrogen-bond acceptors (Lipinski definition) is 3. The van der Waals surface area contributed by atoms with Gasteiger partial charge in [-0.2, -0.15) is 0 Å². The third kappa shape index (κ3) is 6.69. The predicted molar refractivity (Wildman–Crippen MR) is 93.7 cm³/mol. The van der Waals surface area contributed by atoms with Crippen molar-refractivity contribution in [3.8, 4) is 0 Å². The molecule has 23 heavy (non-hydrogen) atoms. The van der Waals surface area contributed by atoms with Crippen molar-refractivity contribution in [1.82, 2.24) is 16.0 Å². The number of benzene rings is 1. The first-order chi connectivity index (χ1) is 10.9. The summed E-state index contributed by atoms with van der Waals surface area (Å²) >= 11 is 0. The van der Waals surface area contributed by atoms with Crippen LogP contribution in [0.1, 0.15) is 36.7 Å². The van der Waals surface area contributed by atoms with Crippen molar-refractivity contribution in [1.29, 1.82) is 0 Å². The van der Waals surface area contributed by atoms with Crippen LogP contribution in [0, 0.1) is 0 Å². The summed E-state index contributed by atoms with van der Waals surface area (Å²) in [5.41, 5.74) is 1.35. The molecule has 3 N–H and O–H groups in total. The number of guanidine groups is 1. The summed E-state index contributed by atoms with van der Waals surface area (Å²) in [6, 6.07) is 7.46. The molecule has 0 saturated carbocycles. The lowest BCUT2D eigenvalue weighted by atomic mass is 10.1. The van der Waals surface area contributed by atoms with Gasteiger partial charge in [-0.1, -0.05) is 12.1 Å². The van der Waals surface area contributed by atoms with Crippen molar-refractivity contribution in [3.05, 3.63) is 35.4 Å². The SMILES string of the molecule is CCNC(=NCc1cccc(C(=O)NC)c1)NCC(C)(C)OC. The zero-order valence-electron chi connectivity index (χ0n) is 14.7. The average molecular weight is 320 g/mol. The topological polar surface area (TPSA) is 74.8 Å². The molecule has 0 aliphatic rings. The summed E-state index contributed by atoms with van der Waals surface area (Å²) < 4.78 is 5.39. The fourth-order valence-corrected chi connectivity index (χ4v) is 1.84. The molecule has 1 rings (SSSR count). The van der Waals surface area contributed by atoms with E-state index in [9.17, 15) is 4.79 Å². The van der Waals surface area contributed by atoms with Crippen LogP contribution in [0.3, 0.4) is 0 Å². The first-order valence-electron chi connectivity index (χ1n) is 7.80. The Morgan fingerprint density at radius 1 is 1.30 bits per heavy atom. The van der Waals surface area contributed by atoms with Crippen molar-refractivity contribution in [3.63, 3.8) is 0 Å². The second-order valence-corrected chi connectivity index (χ2v) is 5.79. The molecule has 1 aromatic rings. The Morgan fingerprint density at radius 3 is 2.65 bits per heavy atom. The maximum atomic E-state index is 11.7. The minimum absolute atomic E-state index is 0.0947. The molecule has 0 unspecified atom stereocenters. The zero-order chi connectivity index (χ0) is 17.3. The van der Waals surface area contributed by atoms with Crippen LogP contribution in [0.4, 0.5) is 0 Å². The number of hydrogen-bond donors (Lipinski definition) is 3. The quantitative estimate of drug-likeness (QED) is 0.526. The van der Waals surface area contributed by atoms with Crippen LogP contribution in [-0.2, 0) is 11.3 Å². The molecule has 0 bridgehead atoms. The Labute approximate surface area is 138 Å². The number of carbonyl (C=O) groups is 1. The lowest BCUT2D eigenvalue weighted by Gasteiger charge is -2.24. The molecular formula is C17H28N4O2.